The van der Waals surface area contributed by atoms with Crippen LogP contribution < -0.4 is 5.32 Å². The van der Waals surface area contributed by atoms with Crippen molar-refractivity contribution >= 4 is 21.6 Å². The van der Waals surface area contributed by atoms with Gasteiger partial charge in [0.15, 0.2) is 0 Å². The van der Waals surface area contributed by atoms with Crippen LogP contribution in [0.4, 0.5) is 10.1 Å². The Labute approximate surface area is 117 Å². The zero-order chi connectivity index (χ0) is 13.0. The van der Waals surface area contributed by atoms with Crippen molar-refractivity contribution in [2.24, 2.45) is 0 Å². The molecule has 2 nitrogen and oxygen atoms in total. The molecule has 100 valence electrons. The van der Waals surface area contributed by atoms with Crippen molar-refractivity contribution in [1.82, 2.24) is 4.90 Å². The number of nitrogens with one attached hydrogen (secondary N) is 1. The third kappa shape index (κ3) is 3.45. The summed E-state index contributed by atoms with van der Waals surface area (Å²) in [7, 11) is 0. The van der Waals surface area contributed by atoms with Crippen LogP contribution in [0.2, 0.25) is 0 Å². The SMILES string of the molecule is CCN1CCCC(Nc2c(F)cccc2Br)CC1. The molecule has 0 radical (unpaired) electrons. The lowest BCUT2D eigenvalue weighted by Crippen LogP contribution is -2.26. The highest BCUT2D eigenvalue weighted by atomic mass is 79.9. The lowest BCUT2D eigenvalue weighted by atomic mass is 10.1. The van der Waals surface area contributed by atoms with Gasteiger partial charge >= 0.3 is 0 Å². The van der Waals surface area contributed by atoms with Crippen LogP contribution in [0.25, 0.3) is 0 Å². The Hall–Kier alpha value is -0.610. The summed E-state index contributed by atoms with van der Waals surface area (Å²) in [5.74, 6) is -0.180. The molecule has 1 saturated heterocycles. The van der Waals surface area contributed by atoms with Crippen LogP contribution in [-0.4, -0.2) is 30.6 Å². The second kappa shape index (κ2) is 6.53. The van der Waals surface area contributed by atoms with E-state index in [1.807, 2.05) is 6.07 Å². The van der Waals surface area contributed by atoms with E-state index in [9.17, 15) is 4.39 Å². The first kappa shape index (κ1) is 13.8. The standard InChI is InChI=1S/C14H20BrFN2/c1-2-18-9-4-5-11(8-10-18)17-14-12(15)6-3-7-13(14)16/h3,6-7,11,17H,2,4-5,8-10H2,1H3. The summed E-state index contributed by atoms with van der Waals surface area (Å²) in [6.45, 7) is 5.56. The van der Waals surface area contributed by atoms with Gasteiger partial charge in [-0.25, -0.2) is 4.39 Å². The Kier molecular flexibility index (Phi) is 5.01. The van der Waals surface area contributed by atoms with E-state index in [0.29, 0.717) is 11.7 Å². The smallest absolute Gasteiger partial charge is 0.147 e. The Morgan fingerprint density at radius 2 is 2.22 bits per heavy atom. The number of hydrogen-bond donors (Lipinski definition) is 1. The topological polar surface area (TPSA) is 15.3 Å². The number of hydrogen-bond acceptors (Lipinski definition) is 2. The molecule has 1 unspecified atom stereocenters. The van der Waals surface area contributed by atoms with Crippen LogP contribution >= 0.6 is 15.9 Å². The number of nitrogens with zero attached hydrogens (tertiary/aromatic N) is 1. The lowest BCUT2D eigenvalue weighted by molar-refractivity contribution is 0.300. The summed E-state index contributed by atoms with van der Waals surface area (Å²) in [6, 6.07) is 5.47. The summed E-state index contributed by atoms with van der Waals surface area (Å²) >= 11 is 3.41. The maximum absolute atomic E-state index is 13.7. The molecule has 0 bridgehead atoms. The highest BCUT2D eigenvalue weighted by Gasteiger charge is 2.17. The lowest BCUT2D eigenvalue weighted by Gasteiger charge is -2.20. The van der Waals surface area contributed by atoms with E-state index in [1.54, 1.807) is 6.07 Å². The number of para-hydroxylation sites is 1. The van der Waals surface area contributed by atoms with Gasteiger partial charge in [0, 0.05) is 17.1 Å². The van der Waals surface area contributed by atoms with Crippen LogP contribution in [-0.2, 0) is 0 Å². The van der Waals surface area contributed by atoms with E-state index in [-0.39, 0.29) is 5.82 Å². The van der Waals surface area contributed by atoms with Gasteiger partial charge in [0.2, 0.25) is 0 Å². The van der Waals surface area contributed by atoms with Crippen molar-refractivity contribution in [3.63, 3.8) is 0 Å². The molecule has 1 aromatic rings. The number of benzene rings is 1. The number of halogens is 2. The molecule has 1 aliphatic rings. The van der Waals surface area contributed by atoms with E-state index in [0.717, 1.165) is 36.9 Å². The largest absolute Gasteiger partial charge is 0.379 e. The minimum absolute atomic E-state index is 0.180. The highest BCUT2D eigenvalue weighted by Crippen LogP contribution is 2.27. The molecular weight excluding hydrogens is 295 g/mol. The molecule has 1 fully saturated rings. The molecule has 0 spiro atoms. The predicted octanol–water partition coefficient (Wildman–Crippen LogP) is 3.87. The molecular formula is C14H20BrFN2. The van der Waals surface area contributed by atoms with Crippen molar-refractivity contribution in [3.05, 3.63) is 28.5 Å². The summed E-state index contributed by atoms with van der Waals surface area (Å²) in [6.07, 6.45) is 3.36. The van der Waals surface area contributed by atoms with Crippen molar-refractivity contribution in [2.45, 2.75) is 32.2 Å². The second-order valence-electron chi connectivity index (χ2n) is 4.80. The number of likely N-dealkylation sites (tertiary alicyclic amines) is 1. The molecule has 1 N–H and O–H groups in total. The Morgan fingerprint density at radius 3 is 2.94 bits per heavy atom. The summed E-state index contributed by atoms with van der Waals surface area (Å²) in [4.78, 5) is 2.46. The van der Waals surface area contributed by atoms with Gasteiger partial charge in [-0.3, -0.25) is 0 Å². The first-order valence-electron chi connectivity index (χ1n) is 6.63. The third-order valence-electron chi connectivity index (χ3n) is 3.58. The Bertz CT molecular complexity index is 377. The molecule has 0 aliphatic carbocycles. The average Bonchev–Trinajstić information content (AvgIpc) is 2.59. The van der Waals surface area contributed by atoms with Crippen LogP contribution in [0.15, 0.2) is 22.7 Å². The molecule has 0 aromatic heterocycles. The molecule has 18 heavy (non-hydrogen) atoms. The van der Waals surface area contributed by atoms with Crippen LogP contribution in [0.1, 0.15) is 26.2 Å². The quantitative estimate of drug-likeness (QED) is 0.911. The van der Waals surface area contributed by atoms with Gasteiger partial charge in [0.05, 0.1) is 5.69 Å². The maximum Gasteiger partial charge on any atom is 0.147 e. The van der Waals surface area contributed by atoms with Crippen LogP contribution in [0.3, 0.4) is 0 Å². The summed E-state index contributed by atoms with van der Waals surface area (Å²) in [5, 5.41) is 3.35. The zero-order valence-corrected chi connectivity index (χ0v) is 12.3. The molecule has 1 aromatic carbocycles. The molecule has 0 amide bonds. The second-order valence-corrected chi connectivity index (χ2v) is 5.66. The monoisotopic (exact) mass is 314 g/mol. The van der Waals surface area contributed by atoms with Gasteiger partial charge < -0.3 is 10.2 Å². The normalized spacial score (nSPS) is 21.6. The molecule has 1 atom stereocenters. The molecule has 4 heteroatoms. The van der Waals surface area contributed by atoms with Crippen molar-refractivity contribution in [2.75, 3.05) is 25.0 Å². The van der Waals surface area contributed by atoms with Crippen LogP contribution in [0, 0.1) is 5.82 Å². The fourth-order valence-corrected chi connectivity index (χ4v) is 2.91. The summed E-state index contributed by atoms with van der Waals surface area (Å²) < 4.78 is 14.6. The molecule has 0 saturated carbocycles. The van der Waals surface area contributed by atoms with E-state index in [2.05, 4.69) is 33.1 Å². The van der Waals surface area contributed by atoms with Gasteiger partial charge in [0.1, 0.15) is 5.82 Å². The predicted molar refractivity (Wildman–Crippen MR) is 77.5 cm³/mol. The first-order chi connectivity index (χ1) is 8.70. The van der Waals surface area contributed by atoms with Gasteiger partial charge in [-0.1, -0.05) is 13.0 Å². The van der Waals surface area contributed by atoms with Gasteiger partial charge in [-0.15, -0.1) is 0 Å². The fourth-order valence-electron chi connectivity index (χ4n) is 2.46. The molecule has 1 heterocycles. The van der Waals surface area contributed by atoms with E-state index >= 15 is 0 Å². The van der Waals surface area contributed by atoms with Gasteiger partial charge in [-0.2, -0.15) is 0 Å². The minimum Gasteiger partial charge on any atom is -0.379 e. The zero-order valence-electron chi connectivity index (χ0n) is 10.8. The van der Waals surface area contributed by atoms with Gasteiger partial charge in [-0.05, 0) is 60.4 Å². The fraction of sp³-hybridized carbons (Fsp3) is 0.571. The van der Waals surface area contributed by atoms with Crippen LogP contribution in [0.5, 0.6) is 0 Å². The molecule has 2 rings (SSSR count). The van der Waals surface area contributed by atoms with Crippen molar-refractivity contribution < 1.29 is 4.39 Å². The minimum atomic E-state index is -0.180. The maximum atomic E-state index is 13.7. The summed E-state index contributed by atoms with van der Waals surface area (Å²) in [5.41, 5.74) is 0.604. The third-order valence-corrected chi connectivity index (χ3v) is 4.24. The number of rotatable bonds is 3. The Morgan fingerprint density at radius 1 is 1.39 bits per heavy atom. The first-order valence-corrected chi connectivity index (χ1v) is 7.43. The van der Waals surface area contributed by atoms with Crippen molar-refractivity contribution in [1.29, 1.82) is 0 Å². The van der Waals surface area contributed by atoms with E-state index in [1.165, 1.54) is 12.5 Å². The number of anilines is 1. The van der Waals surface area contributed by atoms with Gasteiger partial charge in [0.25, 0.3) is 0 Å². The highest BCUT2D eigenvalue weighted by molar-refractivity contribution is 9.10. The average molecular weight is 315 g/mol. The van der Waals surface area contributed by atoms with E-state index < -0.39 is 0 Å². The van der Waals surface area contributed by atoms with Crippen molar-refractivity contribution in [3.8, 4) is 0 Å². The molecule has 1 aliphatic heterocycles. The van der Waals surface area contributed by atoms with E-state index in [4.69, 9.17) is 0 Å². The Balaban J connectivity index is 2.01.